The van der Waals surface area contributed by atoms with Gasteiger partial charge in [0.05, 0.1) is 17.8 Å². The molecule has 4 rings (SSSR count). The summed E-state index contributed by atoms with van der Waals surface area (Å²) in [5, 5.41) is 1.72. The number of aromatic nitrogens is 2. The molecule has 7 nitrogen and oxygen atoms in total. The minimum atomic E-state index is -0.600. The van der Waals surface area contributed by atoms with E-state index >= 15 is 0 Å². The van der Waals surface area contributed by atoms with Gasteiger partial charge in [-0.05, 0) is 48.2 Å². The monoisotopic (exact) mass is 436 g/mol. The number of fused-ring (bicyclic) bond motifs is 1. The number of thiophene rings is 1. The van der Waals surface area contributed by atoms with Crippen LogP contribution in [0.1, 0.15) is 12.5 Å². The summed E-state index contributed by atoms with van der Waals surface area (Å²) < 4.78 is 13.5. The topological polar surface area (TPSA) is 79.5 Å². The predicted molar refractivity (Wildman–Crippen MR) is 119 cm³/mol. The average Bonchev–Trinajstić information content (AvgIpc) is 3.28. The molecule has 0 N–H and O–H groups in total. The Kier molecular flexibility index (Phi) is 5.99. The van der Waals surface area contributed by atoms with Crippen LogP contribution in [0.4, 0.5) is 0 Å². The molecule has 0 bridgehead atoms. The first-order valence-corrected chi connectivity index (χ1v) is 10.6. The van der Waals surface area contributed by atoms with Gasteiger partial charge in [0.15, 0.2) is 0 Å². The molecular weight excluding hydrogens is 416 g/mol. The van der Waals surface area contributed by atoms with Gasteiger partial charge in [-0.3, -0.25) is 14.2 Å². The van der Waals surface area contributed by atoms with Crippen molar-refractivity contribution in [2.24, 2.45) is 0 Å². The second kappa shape index (κ2) is 9.01. The van der Waals surface area contributed by atoms with Crippen LogP contribution in [0.3, 0.4) is 0 Å². The van der Waals surface area contributed by atoms with E-state index in [2.05, 4.69) is 0 Å². The van der Waals surface area contributed by atoms with Crippen molar-refractivity contribution in [2.45, 2.75) is 20.1 Å². The third-order valence-corrected chi connectivity index (χ3v) is 5.58. The fraction of sp³-hybridized carbons (Fsp3) is 0.174. The lowest BCUT2D eigenvalue weighted by Gasteiger charge is -2.12. The van der Waals surface area contributed by atoms with Crippen molar-refractivity contribution in [1.82, 2.24) is 9.13 Å². The highest BCUT2D eigenvalue weighted by Crippen LogP contribution is 2.18. The third kappa shape index (κ3) is 4.29. The molecule has 2 aromatic carbocycles. The summed E-state index contributed by atoms with van der Waals surface area (Å²) in [7, 11) is 0. The van der Waals surface area contributed by atoms with Crippen molar-refractivity contribution in [3.05, 3.63) is 92.4 Å². The quantitative estimate of drug-likeness (QED) is 0.415. The Morgan fingerprint density at radius 2 is 1.74 bits per heavy atom. The SMILES string of the molecule is CCOc1ccc(-n2c(=O)c3sccc3n(CC(=O)OCc3ccccc3)c2=O)cc1. The summed E-state index contributed by atoms with van der Waals surface area (Å²) in [6, 6.07) is 17.6. The van der Waals surface area contributed by atoms with Gasteiger partial charge in [0.1, 0.15) is 23.6 Å². The number of hydrogen-bond acceptors (Lipinski definition) is 6. The summed E-state index contributed by atoms with van der Waals surface area (Å²) in [5.41, 5.74) is 0.645. The number of carbonyl (C=O) groups excluding carboxylic acids is 1. The molecule has 2 aromatic heterocycles. The van der Waals surface area contributed by atoms with E-state index in [0.717, 1.165) is 10.1 Å². The highest BCUT2D eigenvalue weighted by Gasteiger charge is 2.18. The zero-order valence-corrected chi connectivity index (χ0v) is 17.6. The Morgan fingerprint density at radius 3 is 2.45 bits per heavy atom. The van der Waals surface area contributed by atoms with Gasteiger partial charge in [-0.1, -0.05) is 30.3 Å². The minimum absolute atomic E-state index is 0.111. The molecule has 0 atom stereocenters. The molecule has 4 aromatic rings. The largest absolute Gasteiger partial charge is 0.494 e. The molecule has 0 saturated carbocycles. The normalized spacial score (nSPS) is 10.9. The molecule has 0 saturated heterocycles. The smallest absolute Gasteiger partial charge is 0.336 e. The summed E-state index contributed by atoms with van der Waals surface area (Å²) in [6.45, 7) is 2.20. The Hall–Kier alpha value is -3.65. The van der Waals surface area contributed by atoms with Crippen LogP contribution >= 0.6 is 11.3 Å². The number of benzene rings is 2. The first kappa shape index (κ1) is 20.6. The first-order valence-electron chi connectivity index (χ1n) is 9.74. The number of rotatable bonds is 7. The number of nitrogens with zero attached hydrogens (tertiary/aromatic N) is 2. The first-order chi connectivity index (χ1) is 15.1. The van der Waals surface area contributed by atoms with Crippen LogP contribution in [0.25, 0.3) is 15.9 Å². The van der Waals surface area contributed by atoms with Crippen LogP contribution in [0, 0.1) is 0 Å². The Morgan fingerprint density at radius 1 is 1.00 bits per heavy atom. The van der Waals surface area contributed by atoms with E-state index in [4.69, 9.17) is 9.47 Å². The van der Waals surface area contributed by atoms with Crippen molar-refractivity contribution in [3.8, 4) is 11.4 Å². The van der Waals surface area contributed by atoms with E-state index in [9.17, 15) is 14.4 Å². The van der Waals surface area contributed by atoms with Crippen LogP contribution in [0.5, 0.6) is 5.75 Å². The van der Waals surface area contributed by atoms with Crippen LogP contribution < -0.4 is 16.0 Å². The van der Waals surface area contributed by atoms with Gasteiger partial charge >= 0.3 is 11.7 Å². The van der Waals surface area contributed by atoms with E-state index in [1.54, 1.807) is 35.7 Å². The maximum Gasteiger partial charge on any atom is 0.336 e. The zero-order valence-electron chi connectivity index (χ0n) is 16.8. The molecule has 0 amide bonds. The van der Waals surface area contributed by atoms with Crippen molar-refractivity contribution in [3.63, 3.8) is 0 Å². The summed E-state index contributed by atoms with van der Waals surface area (Å²) in [6.07, 6.45) is 0. The number of ether oxygens (including phenoxy) is 2. The molecular formula is C23H20N2O5S. The van der Waals surface area contributed by atoms with Crippen LogP contribution in [-0.2, 0) is 22.7 Å². The van der Waals surface area contributed by atoms with Gasteiger partial charge in [-0.25, -0.2) is 9.36 Å². The number of hydrogen-bond donors (Lipinski definition) is 0. The lowest BCUT2D eigenvalue weighted by Crippen LogP contribution is -2.39. The van der Waals surface area contributed by atoms with Crippen LogP contribution in [-0.4, -0.2) is 21.7 Å². The van der Waals surface area contributed by atoms with E-state index < -0.39 is 17.2 Å². The molecule has 158 valence electrons. The summed E-state index contributed by atoms with van der Waals surface area (Å²) >= 11 is 1.22. The van der Waals surface area contributed by atoms with Gasteiger partial charge in [-0.2, -0.15) is 0 Å². The second-order valence-electron chi connectivity index (χ2n) is 6.72. The van der Waals surface area contributed by atoms with E-state index in [0.29, 0.717) is 28.3 Å². The summed E-state index contributed by atoms with van der Waals surface area (Å²) in [5.74, 6) is 0.0802. The molecule has 0 aliphatic heterocycles. The maximum absolute atomic E-state index is 13.2. The van der Waals surface area contributed by atoms with Gasteiger partial charge in [0, 0.05) is 0 Å². The zero-order chi connectivity index (χ0) is 21.8. The third-order valence-electron chi connectivity index (χ3n) is 4.69. The van der Waals surface area contributed by atoms with Crippen molar-refractivity contribution < 1.29 is 14.3 Å². The Balaban J connectivity index is 1.68. The van der Waals surface area contributed by atoms with Gasteiger partial charge in [0.25, 0.3) is 5.56 Å². The van der Waals surface area contributed by atoms with Crippen molar-refractivity contribution >= 4 is 27.5 Å². The Bertz CT molecular complexity index is 1320. The van der Waals surface area contributed by atoms with Crippen LogP contribution in [0.2, 0.25) is 0 Å². The Labute approximate surface area is 181 Å². The minimum Gasteiger partial charge on any atom is -0.494 e. The average molecular weight is 436 g/mol. The fourth-order valence-corrected chi connectivity index (χ4v) is 4.06. The highest BCUT2D eigenvalue weighted by atomic mass is 32.1. The van der Waals surface area contributed by atoms with Gasteiger partial charge in [0.2, 0.25) is 0 Å². The maximum atomic E-state index is 13.2. The molecule has 0 aliphatic rings. The van der Waals surface area contributed by atoms with Gasteiger partial charge < -0.3 is 9.47 Å². The molecule has 31 heavy (non-hydrogen) atoms. The standard InChI is InChI=1S/C23H20N2O5S/c1-2-29-18-10-8-17(9-11-18)25-22(27)21-19(12-13-31-21)24(23(25)28)14-20(26)30-15-16-6-4-3-5-7-16/h3-13H,2,14-15H2,1H3. The van der Waals surface area contributed by atoms with Crippen LogP contribution in [0.15, 0.2) is 75.6 Å². The molecule has 8 heteroatoms. The molecule has 0 spiro atoms. The number of esters is 1. The summed E-state index contributed by atoms with van der Waals surface area (Å²) in [4.78, 5) is 38.7. The predicted octanol–water partition coefficient (Wildman–Crippen LogP) is 3.36. The second-order valence-corrected chi connectivity index (χ2v) is 7.63. The van der Waals surface area contributed by atoms with Crippen molar-refractivity contribution in [1.29, 1.82) is 0 Å². The highest BCUT2D eigenvalue weighted by molar-refractivity contribution is 7.17. The van der Waals surface area contributed by atoms with E-state index in [1.165, 1.54) is 15.9 Å². The van der Waals surface area contributed by atoms with Gasteiger partial charge in [-0.15, -0.1) is 11.3 Å². The van der Waals surface area contributed by atoms with E-state index in [-0.39, 0.29) is 13.2 Å². The fourth-order valence-electron chi connectivity index (χ4n) is 3.24. The molecule has 0 unspecified atom stereocenters. The number of carbonyl (C=O) groups is 1. The van der Waals surface area contributed by atoms with E-state index in [1.807, 2.05) is 37.3 Å². The molecule has 0 fully saturated rings. The molecule has 2 heterocycles. The lowest BCUT2D eigenvalue weighted by molar-refractivity contribution is -0.145. The lowest BCUT2D eigenvalue weighted by atomic mass is 10.2. The van der Waals surface area contributed by atoms with Crippen molar-refractivity contribution in [2.75, 3.05) is 6.61 Å². The molecule has 0 aliphatic carbocycles. The molecule has 0 radical (unpaired) electrons.